The van der Waals surface area contributed by atoms with Crippen molar-refractivity contribution in [1.82, 2.24) is 25.5 Å². The van der Waals surface area contributed by atoms with E-state index in [9.17, 15) is 9.90 Å². The molecule has 2 rings (SSSR count). The molecule has 1 atom stereocenters. The number of aliphatic hydroxyl groups is 1. The monoisotopic (exact) mass is 331 g/mol. The first-order valence-electron chi connectivity index (χ1n) is 8.05. The van der Waals surface area contributed by atoms with Crippen molar-refractivity contribution in [2.24, 2.45) is 5.41 Å². The highest BCUT2D eigenvalue weighted by Crippen LogP contribution is 2.21. The molecule has 0 radical (unpaired) electrons. The van der Waals surface area contributed by atoms with Crippen LogP contribution in [0.5, 0.6) is 0 Å². The Morgan fingerprint density at radius 1 is 1.33 bits per heavy atom. The number of aliphatic hydroxyl groups excluding tert-OH is 1. The van der Waals surface area contributed by atoms with Crippen molar-refractivity contribution in [2.75, 3.05) is 6.54 Å². The van der Waals surface area contributed by atoms with Crippen molar-refractivity contribution in [3.63, 3.8) is 0 Å². The molecule has 0 spiro atoms. The fraction of sp³-hybridized carbons (Fsp3) is 0.529. The summed E-state index contributed by atoms with van der Waals surface area (Å²) >= 11 is 0. The molecule has 0 aliphatic rings. The predicted octanol–water partition coefficient (Wildman–Crippen LogP) is 1.56. The minimum atomic E-state index is -0.397. The molecule has 2 aromatic rings. The summed E-state index contributed by atoms with van der Waals surface area (Å²) in [5, 5.41) is 24.5. The summed E-state index contributed by atoms with van der Waals surface area (Å²) in [6.07, 6.45) is 0.220. The Balaban J connectivity index is 1.90. The fourth-order valence-corrected chi connectivity index (χ4v) is 2.52. The van der Waals surface area contributed by atoms with Gasteiger partial charge in [-0.1, -0.05) is 43.7 Å². The van der Waals surface area contributed by atoms with E-state index < -0.39 is 6.10 Å². The van der Waals surface area contributed by atoms with Crippen LogP contribution in [0.3, 0.4) is 0 Å². The van der Waals surface area contributed by atoms with Crippen LogP contribution in [-0.4, -0.2) is 43.9 Å². The normalized spacial score (nSPS) is 12.9. The number of nitrogens with zero attached hydrogens (tertiary/aromatic N) is 4. The summed E-state index contributed by atoms with van der Waals surface area (Å²) in [5.74, 6) is 0.318. The van der Waals surface area contributed by atoms with Crippen molar-refractivity contribution in [3.8, 4) is 11.4 Å². The van der Waals surface area contributed by atoms with E-state index in [4.69, 9.17) is 0 Å². The Kier molecular flexibility index (Phi) is 5.66. The summed E-state index contributed by atoms with van der Waals surface area (Å²) in [6, 6.07) is 7.81. The third-order valence-corrected chi connectivity index (χ3v) is 3.66. The van der Waals surface area contributed by atoms with Crippen LogP contribution >= 0.6 is 0 Å². The lowest BCUT2D eigenvalue weighted by atomic mass is 9.87. The maximum atomic E-state index is 12.0. The molecule has 0 aliphatic carbocycles. The van der Waals surface area contributed by atoms with Gasteiger partial charge in [0.05, 0.1) is 6.10 Å². The van der Waals surface area contributed by atoms with Gasteiger partial charge in [0.15, 0.2) is 0 Å². The number of hydrogen-bond donors (Lipinski definition) is 2. The number of benzene rings is 1. The van der Waals surface area contributed by atoms with Crippen LogP contribution in [0, 0.1) is 12.3 Å². The Hall–Kier alpha value is -2.28. The zero-order valence-corrected chi connectivity index (χ0v) is 14.7. The van der Waals surface area contributed by atoms with Gasteiger partial charge in [-0.05, 0) is 30.9 Å². The smallest absolute Gasteiger partial charge is 0.243 e. The van der Waals surface area contributed by atoms with Gasteiger partial charge in [0.25, 0.3) is 0 Å². The summed E-state index contributed by atoms with van der Waals surface area (Å²) in [5.41, 5.74) is 1.85. The fourth-order valence-electron chi connectivity index (χ4n) is 2.52. The molecule has 0 saturated carbocycles. The molecule has 1 aromatic carbocycles. The van der Waals surface area contributed by atoms with Gasteiger partial charge >= 0.3 is 0 Å². The lowest BCUT2D eigenvalue weighted by Crippen LogP contribution is -2.37. The van der Waals surface area contributed by atoms with E-state index in [-0.39, 0.29) is 17.9 Å². The second-order valence-corrected chi connectivity index (χ2v) is 7.00. The van der Waals surface area contributed by atoms with Gasteiger partial charge in [0, 0.05) is 12.1 Å². The van der Waals surface area contributed by atoms with E-state index in [1.165, 1.54) is 4.80 Å². The van der Waals surface area contributed by atoms with E-state index in [1.807, 2.05) is 45.0 Å². The SMILES string of the molecule is Cc1ccc(-c2nnn(CC(=O)NCC(C)(C)CC(C)O)n2)cc1. The topological polar surface area (TPSA) is 92.9 Å². The minimum absolute atomic E-state index is 0.0175. The van der Waals surface area contributed by atoms with Gasteiger partial charge in [-0.25, -0.2) is 0 Å². The standard InChI is InChI=1S/C17H25N5O2/c1-12-5-7-14(8-6-12)16-19-21-22(20-16)10-15(24)18-11-17(3,4)9-13(2)23/h5-8,13,23H,9-11H2,1-4H3,(H,18,24). The van der Waals surface area contributed by atoms with Crippen LogP contribution in [0.4, 0.5) is 0 Å². The van der Waals surface area contributed by atoms with Crippen LogP contribution in [0.2, 0.25) is 0 Å². The van der Waals surface area contributed by atoms with Crippen LogP contribution in [-0.2, 0) is 11.3 Å². The summed E-state index contributed by atoms with van der Waals surface area (Å²) < 4.78 is 0. The quantitative estimate of drug-likeness (QED) is 0.803. The minimum Gasteiger partial charge on any atom is -0.393 e. The molecule has 0 fully saturated rings. The maximum Gasteiger partial charge on any atom is 0.243 e. The van der Waals surface area contributed by atoms with Crippen LogP contribution in [0.1, 0.15) is 32.8 Å². The zero-order valence-electron chi connectivity index (χ0n) is 14.7. The van der Waals surface area contributed by atoms with Crippen molar-refractivity contribution < 1.29 is 9.90 Å². The van der Waals surface area contributed by atoms with E-state index in [1.54, 1.807) is 6.92 Å². The number of hydrogen-bond acceptors (Lipinski definition) is 5. The summed E-state index contributed by atoms with van der Waals surface area (Å²) in [7, 11) is 0. The molecule has 1 aromatic heterocycles. The molecule has 0 aliphatic heterocycles. The van der Waals surface area contributed by atoms with Gasteiger partial charge in [0.1, 0.15) is 6.54 Å². The van der Waals surface area contributed by atoms with Crippen molar-refractivity contribution in [3.05, 3.63) is 29.8 Å². The first-order valence-corrected chi connectivity index (χ1v) is 8.05. The molecule has 2 N–H and O–H groups in total. The molecule has 1 unspecified atom stereocenters. The number of carbonyl (C=O) groups excluding carboxylic acids is 1. The lowest BCUT2D eigenvalue weighted by Gasteiger charge is -2.26. The maximum absolute atomic E-state index is 12.0. The Morgan fingerprint density at radius 3 is 2.62 bits per heavy atom. The highest BCUT2D eigenvalue weighted by Gasteiger charge is 2.21. The molecule has 7 heteroatoms. The molecule has 1 amide bonds. The summed E-state index contributed by atoms with van der Waals surface area (Å²) in [6.45, 7) is 8.26. The number of amides is 1. The van der Waals surface area contributed by atoms with Gasteiger partial charge in [-0.15, -0.1) is 10.2 Å². The van der Waals surface area contributed by atoms with Gasteiger partial charge in [-0.3, -0.25) is 4.79 Å². The average Bonchev–Trinajstić information content (AvgIpc) is 2.93. The molecular formula is C17H25N5O2. The van der Waals surface area contributed by atoms with Crippen LogP contribution in [0.15, 0.2) is 24.3 Å². The second-order valence-electron chi connectivity index (χ2n) is 7.00. The van der Waals surface area contributed by atoms with Crippen LogP contribution < -0.4 is 5.32 Å². The number of nitrogens with one attached hydrogen (secondary N) is 1. The highest BCUT2D eigenvalue weighted by molar-refractivity contribution is 5.75. The molecule has 130 valence electrons. The number of aryl methyl sites for hydroxylation is 1. The number of aromatic nitrogens is 4. The Bertz CT molecular complexity index is 677. The van der Waals surface area contributed by atoms with E-state index in [2.05, 4.69) is 20.7 Å². The first-order chi connectivity index (χ1) is 11.2. The molecular weight excluding hydrogens is 306 g/mol. The second kappa shape index (κ2) is 7.53. The largest absolute Gasteiger partial charge is 0.393 e. The van der Waals surface area contributed by atoms with Crippen LogP contribution in [0.25, 0.3) is 11.4 Å². The van der Waals surface area contributed by atoms with E-state index in [0.717, 1.165) is 11.1 Å². The van der Waals surface area contributed by atoms with E-state index in [0.29, 0.717) is 18.8 Å². The molecule has 1 heterocycles. The van der Waals surface area contributed by atoms with Gasteiger partial charge in [0.2, 0.25) is 11.7 Å². The average molecular weight is 331 g/mol. The molecule has 0 bridgehead atoms. The van der Waals surface area contributed by atoms with Crippen molar-refractivity contribution >= 4 is 5.91 Å². The van der Waals surface area contributed by atoms with Crippen molar-refractivity contribution in [1.29, 1.82) is 0 Å². The number of carbonyl (C=O) groups is 1. The molecule has 24 heavy (non-hydrogen) atoms. The Morgan fingerprint density at radius 2 is 2.00 bits per heavy atom. The lowest BCUT2D eigenvalue weighted by molar-refractivity contribution is -0.122. The third-order valence-electron chi connectivity index (χ3n) is 3.66. The number of rotatable bonds is 7. The Labute approximate surface area is 142 Å². The van der Waals surface area contributed by atoms with Gasteiger partial charge in [-0.2, -0.15) is 4.80 Å². The summed E-state index contributed by atoms with van der Waals surface area (Å²) in [4.78, 5) is 13.3. The third kappa shape index (κ3) is 5.42. The zero-order chi connectivity index (χ0) is 17.7. The molecule has 7 nitrogen and oxygen atoms in total. The van der Waals surface area contributed by atoms with Gasteiger partial charge < -0.3 is 10.4 Å². The highest BCUT2D eigenvalue weighted by atomic mass is 16.3. The first kappa shape index (κ1) is 18.1. The van der Waals surface area contributed by atoms with Crippen molar-refractivity contribution in [2.45, 2.75) is 46.8 Å². The predicted molar refractivity (Wildman–Crippen MR) is 91.1 cm³/mol. The molecule has 0 saturated heterocycles. The number of tetrazole rings is 1. The van der Waals surface area contributed by atoms with E-state index >= 15 is 0 Å².